The summed E-state index contributed by atoms with van der Waals surface area (Å²) in [6.07, 6.45) is 1.72. The summed E-state index contributed by atoms with van der Waals surface area (Å²) in [4.78, 5) is 10.1. The van der Waals surface area contributed by atoms with E-state index in [2.05, 4.69) is 0 Å². The van der Waals surface area contributed by atoms with Crippen molar-refractivity contribution >= 4 is 28.6 Å². The van der Waals surface area contributed by atoms with Crippen LogP contribution in [0.3, 0.4) is 0 Å². The van der Waals surface area contributed by atoms with Crippen LogP contribution < -0.4 is 29.6 Å². The SMILES string of the molecule is CCCC(I)C(=O)O.[H-].[Na+]. The number of aliphatic carboxylic acids is 1. The summed E-state index contributed by atoms with van der Waals surface area (Å²) >= 11 is 1.93. The first-order chi connectivity index (χ1) is 3.68. The number of halogens is 1. The molecule has 0 radical (unpaired) electrons. The normalized spacial score (nSPS) is 11.8. The third kappa shape index (κ3) is 7.09. The number of carboxylic acid groups (broad SMARTS) is 1. The molecule has 0 saturated heterocycles. The summed E-state index contributed by atoms with van der Waals surface area (Å²) in [5.74, 6) is -0.701. The average Bonchev–Trinajstić information content (AvgIpc) is 1.67. The van der Waals surface area contributed by atoms with Gasteiger partial charge in [0.15, 0.2) is 0 Å². The van der Waals surface area contributed by atoms with Crippen molar-refractivity contribution < 1.29 is 40.9 Å². The molecule has 9 heavy (non-hydrogen) atoms. The number of rotatable bonds is 3. The van der Waals surface area contributed by atoms with E-state index in [1.165, 1.54) is 0 Å². The molecule has 0 amide bonds. The Hall–Kier alpha value is 1.20. The number of carboxylic acids is 1. The minimum Gasteiger partial charge on any atom is -1.00 e. The zero-order valence-corrected chi connectivity index (χ0v) is 9.88. The fraction of sp³-hybridized carbons (Fsp3) is 0.800. The van der Waals surface area contributed by atoms with E-state index in [0.29, 0.717) is 0 Å². The fourth-order valence-electron chi connectivity index (χ4n) is 0.377. The van der Waals surface area contributed by atoms with Crippen molar-refractivity contribution in [1.82, 2.24) is 0 Å². The second-order valence-electron chi connectivity index (χ2n) is 1.59. The van der Waals surface area contributed by atoms with Crippen molar-refractivity contribution in [2.75, 3.05) is 0 Å². The molecule has 0 aliphatic carbocycles. The number of hydrogen-bond acceptors (Lipinski definition) is 1. The van der Waals surface area contributed by atoms with Gasteiger partial charge in [-0.3, -0.25) is 4.79 Å². The minimum atomic E-state index is -0.701. The number of alkyl halides is 1. The maximum absolute atomic E-state index is 10.1. The van der Waals surface area contributed by atoms with E-state index < -0.39 is 5.97 Å². The van der Waals surface area contributed by atoms with Crippen molar-refractivity contribution in [3.8, 4) is 0 Å². The number of carbonyl (C=O) groups is 1. The largest absolute Gasteiger partial charge is 1.00 e. The number of hydrogen-bond donors (Lipinski definition) is 1. The molecule has 0 aromatic carbocycles. The molecule has 50 valence electrons. The van der Waals surface area contributed by atoms with E-state index in [1.807, 2.05) is 29.5 Å². The predicted molar refractivity (Wildman–Crippen MR) is 41.5 cm³/mol. The maximum Gasteiger partial charge on any atom is 1.00 e. The summed E-state index contributed by atoms with van der Waals surface area (Å²) in [6, 6.07) is 0. The molecular weight excluding hydrogens is 242 g/mol. The first kappa shape index (κ1) is 12.8. The van der Waals surface area contributed by atoms with Crippen LogP contribution in [0.4, 0.5) is 0 Å². The Labute approximate surface area is 92.3 Å². The molecule has 0 spiro atoms. The van der Waals surface area contributed by atoms with E-state index in [-0.39, 0.29) is 34.9 Å². The second kappa shape index (κ2) is 7.31. The van der Waals surface area contributed by atoms with E-state index in [9.17, 15) is 4.79 Å². The Morgan fingerprint density at radius 3 is 2.44 bits per heavy atom. The molecular formula is C5H10INaO2. The zero-order valence-electron chi connectivity index (χ0n) is 6.72. The van der Waals surface area contributed by atoms with Crippen LogP contribution in [0.15, 0.2) is 0 Å². The third-order valence-corrected chi connectivity index (χ3v) is 1.97. The van der Waals surface area contributed by atoms with Gasteiger partial charge in [-0.1, -0.05) is 35.9 Å². The topological polar surface area (TPSA) is 37.3 Å². The van der Waals surface area contributed by atoms with E-state index in [0.717, 1.165) is 12.8 Å². The van der Waals surface area contributed by atoms with E-state index >= 15 is 0 Å². The van der Waals surface area contributed by atoms with Gasteiger partial charge in [-0.15, -0.1) is 0 Å². The molecule has 2 nitrogen and oxygen atoms in total. The molecule has 0 bridgehead atoms. The van der Waals surface area contributed by atoms with Crippen LogP contribution in [0, 0.1) is 0 Å². The van der Waals surface area contributed by atoms with E-state index in [4.69, 9.17) is 5.11 Å². The van der Waals surface area contributed by atoms with Crippen LogP contribution in [0.2, 0.25) is 0 Å². The monoisotopic (exact) mass is 252 g/mol. The maximum atomic E-state index is 10.1. The fourth-order valence-corrected chi connectivity index (χ4v) is 1.000. The molecule has 0 fully saturated rings. The van der Waals surface area contributed by atoms with Gasteiger partial charge in [-0.25, -0.2) is 0 Å². The molecule has 0 aliphatic rings. The zero-order chi connectivity index (χ0) is 6.57. The molecule has 1 atom stereocenters. The van der Waals surface area contributed by atoms with Gasteiger partial charge < -0.3 is 6.53 Å². The van der Waals surface area contributed by atoms with Crippen molar-refractivity contribution in [3.05, 3.63) is 0 Å². The van der Waals surface area contributed by atoms with Crippen molar-refractivity contribution in [2.24, 2.45) is 0 Å². The Morgan fingerprint density at radius 1 is 1.89 bits per heavy atom. The standard InChI is InChI=1S/C5H9IO2.Na.H/c1-2-3-4(6)5(7)8;;/h4H,2-3H2,1H3,(H,7,8);;/q;+1;-1. The van der Waals surface area contributed by atoms with Gasteiger partial charge in [0.05, 0.1) is 0 Å². The first-order valence-electron chi connectivity index (χ1n) is 2.55. The molecule has 0 aromatic heterocycles. The Kier molecular flexibility index (Phi) is 10.4. The van der Waals surface area contributed by atoms with Gasteiger partial charge in [0.2, 0.25) is 0 Å². The average molecular weight is 252 g/mol. The smallest absolute Gasteiger partial charge is 1.00 e. The molecule has 4 heteroatoms. The first-order valence-corrected chi connectivity index (χ1v) is 3.80. The molecule has 0 aliphatic heterocycles. The Morgan fingerprint density at radius 2 is 2.33 bits per heavy atom. The Bertz CT molecular complexity index is 91.7. The van der Waals surface area contributed by atoms with Crippen molar-refractivity contribution in [2.45, 2.75) is 23.7 Å². The van der Waals surface area contributed by atoms with Crippen LogP contribution in [0.5, 0.6) is 0 Å². The summed E-state index contributed by atoms with van der Waals surface area (Å²) in [5, 5.41) is 8.31. The summed E-state index contributed by atoms with van der Waals surface area (Å²) < 4.78 is -0.197. The molecule has 0 heterocycles. The van der Waals surface area contributed by atoms with Crippen LogP contribution >= 0.6 is 22.6 Å². The molecule has 0 aromatic rings. The minimum absolute atomic E-state index is 0. The van der Waals surface area contributed by atoms with Gasteiger partial charge in [0, 0.05) is 0 Å². The van der Waals surface area contributed by atoms with Crippen LogP contribution in [-0.4, -0.2) is 15.0 Å². The summed E-state index contributed by atoms with van der Waals surface area (Å²) in [7, 11) is 0. The second-order valence-corrected chi connectivity index (χ2v) is 3.10. The van der Waals surface area contributed by atoms with Gasteiger partial charge in [-0.05, 0) is 6.42 Å². The molecule has 0 rings (SSSR count). The van der Waals surface area contributed by atoms with Gasteiger partial charge in [0.1, 0.15) is 3.92 Å². The predicted octanol–water partition coefficient (Wildman–Crippen LogP) is -1.21. The quantitative estimate of drug-likeness (QED) is 0.389. The molecule has 0 saturated carbocycles. The van der Waals surface area contributed by atoms with Gasteiger partial charge in [0.25, 0.3) is 0 Å². The Balaban J connectivity index is -0.000000245. The third-order valence-electron chi connectivity index (χ3n) is 0.810. The summed E-state index contributed by atoms with van der Waals surface area (Å²) in [5.41, 5.74) is 0. The van der Waals surface area contributed by atoms with E-state index in [1.54, 1.807) is 0 Å². The van der Waals surface area contributed by atoms with Crippen LogP contribution in [-0.2, 0) is 4.79 Å². The van der Waals surface area contributed by atoms with Gasteiger partial charge in [-0.2, -0.15) is 0 Å². The van der Waals surface area contributed by atoms with Crippen molar-refractivity contribution in [3.63, 3.8) is 0 Å². The van der Waals surface area contributed by atoms with Crippen molar-refractivity contribution in [1.29, 1.82) is 0 Å². The van der Waals surface area contributed by atoms with Crippen LogP contribution in [0.1, 0.15) is 21.2 Å². The summed E-state index contributed by atoms with van der Waals surface area (Å²) in [6.45, 7) is 1.98. The molecule has 1 unspecified atom stereocenters. The molecule has 1 N–H and O–H groups in total. The van der Waals surface area contributed by atoms with Gasteiger partial charge >= 0.3 is 35.5 Å². The van der Waals surface area contributed by atoms with Crippen LogP contribution in [0.25, 0.3) is 0 Å².